The van der Waals surface area contributed by atoms with Crippen LogP contribution in [0, 0.1) is 0 Å². The topological polar surface area (TPSA) is 66.5 Å². The zero-order valence-electron chi connectivity index (χ0n) is 13.7. The highest BCUT2D eigenvalue weighted by atomic mass is 32.2. The molecule has 1 aliphatic rings. The summed E-state index contributed by atoms with van der Waals surface area (Å²) in [6.45, 7) is 0.493. The van der Waals surface area contributed by atoms with E-state index in [4.69, 9.17) is 0 Å². The lowest BCUT2D eigenvalue weighted by atomic mass is 10.2. The van der Waals surface area contributed by atoms with Crippen LogP contribution < -0.4 is 9.62 Å². The van der Waals surface area contributed by atoms with Gasteiger partial charge in [-0.05, 0) is 30.2 Å². The Morgan fingerprint density at radius 3 is 2.64 bits per heavy atom. The zero-order chi connectivity index (χ0) is 17.7. The molecule has 0 aliphatic carbocycles. The molecule has 0 unspecified atom stereocenters. The van der Waals surface area contributed by atoms with Crippen LogP contribution in [0.15, 0.2) is 54.6 Å². The second-order valence-electron chi connectivity index (χ2n) is 5.82. The van der Waals surface area contributed by atoms with Gasteiger partial charge in [0.25, 0.3) is 0 Å². The number of hydrogen-bond acceptors (Lipinski definition) is 4. The van der Waals surface area contributed by atoms with Gasteiger partial charge in [-0.3, -0.25) is 9.10 Å². The number of carbonyl (C=O) groups is 1. The molecule has 0 radical (unpaired) electrons. The molecular weight excluding hydrogens is 356 g/mol. The Morgan fingerprint density at radius 1 is 1.12 bits per heavy atom. The molecule has 0 spiro atoms. The highest BCUT2D eigenvalue weighted by molar-refractivity contribution is 7.99. The molecule has 1 saturated heterocycles. The third-order valence-corrected chi connectivity index (χ3v) is 6.74. The first-order chi connectivity index (χ1) is 12.0. The quantitative estimate of drug-likeness (QED) is 0.841. The summed E-state index contributed by atoms with van der Waals surface area (Å²) in [6, 6.07) is 17.0. The fraction of sp³-hybridized carbons (Fsp3) is 0.278. The van der Waals surface area contributed by atoms with Crippen LogP contribution in [0.5, 0.6) is 0 Å². The lowest BCUT2D eigenvalue weighted by Crippen LogP contribution is -2.25. The summed E-state index contributed by atoms with van der Waals surface area (Å²) >= 11 is 1.54. The summed E-state index contributed by atoms with van der Waals surface area (Å²) in [5, 5.41) is 2.84. The summed E-state index contributed by atoms with van der Waals surface area (Å²) in [4.78, 5) is 12.1. The van der Waals surface area contributed by atoms with Crippen LogP contribution in [0.1, 0.15) is 12.0 Å². The van der Waals surface area contributed by atoms with Gasteiger partial charge < -0.3 is 5.32 Å². The minimum Gasteiger partial charge on any atom is -0.325 e. The molecule has 25 heavy (non-hydrogen) atoms. The zero-order valence-corrected chi connectivity index (χ0v) is 15.4. The second kappa shape index (κ2) is 7.93. The molecule has 0 atom stereocenters. The minimum absolute atomic E-state index is 0.0950. The van der Waals surface area contributed by atoms with Gasteiger partial charge in [-0.1, -0.05) is 36.4 Å². The van der Waals surface area contributed by atoms with E-state index in [0.717, 1.165) is 5.75 Å². The summed E-state index contributed by atoms with van der Waals surface area (Å²) in [5.74, 6) is 1.21. The predicted molar refractivity (Wildman–Crippen MR) is 103 cm³/mol. The highest BCUT2D eigenvalue weighted by Crippen LogP contribution is 2.26. The molecule has 132 valence electrons. The normalized spacial score (nSPS) is 15.9. The molecule has 1 N–H and O–H groups in total. The maximum Gasteiger partial charge on any atom is 0.235 e. The fourth-order valence-electron chi connectivity index (χ4n) is 2.70. The van der Waals surface area contributed by atoms with E-state index in [2.05, 4.69) is 5.32 Å². The molecular formula is C18H20N2O3S2. The lowest BCUT2D eigenvalue weighted by molar-refractivity contribution is -0.113. The average molecular weight is 377 g/mol. The number of rotatable bonds is 6. The molecule has 7 heteroatoms. The largest absolute Gasteiger partial charge is 0.325 e. The number of nitrogens with one attached hydrogen (secondary N) is 1. The number of thioether (sulfide) groups is 1. The van der Waals surface area contributed by atoms with Crippen molar-refractivity contribution >= 4 is 39.1 Å². The maximum atomic E-state index is 12.1. The monoisotopic (exact) mass is 376 g/mol. The lowest BCUT2D eigenvalue weighted by Gasteiger charge is -2.17. The van der Waals surface area contributed by atoms with E-state index in [-0.39, 0.29) is 11.7 Å². The van der Waals surface area contributed by atoms with Crippen LogP contribution in [-0.2, 0) is 20.6 Å². The van der Waals surface area contributed by atoms with Crippen molar-refractivity contribution in [1.82, 2.24) is 0 Å². The number of anilines is 2. The van der Waals surface area contributed by atoms with Crippen molar-refractivity contribution in [1.29, 1.82) is 0 Å². The van der Waals surface area contributed by atoms with Crippen molar-refractivity contribution in [2.45, 2.75) is 12.2 Å². The number of hydrogen-bond donors (Lipinski definition) is 1. The van der Waals surface area contributed by atoms with E-state index in [9.17, 15) is 13.2 Å². The average Bonchev–Trinajstić information content (AvgIpc) is 2.95. The summed E-state index contributed by atoms with van der Waals surface area (Å²) in [6.07, 6.45) is 0.634. The Balaban J connectivity index is 1.56. The molecule has 1 heterocycles. The first-order valence-electron chi connectivity index (χ1n) is 8.07. The van der Waals surface area contributed by atoms with Crippen LogP contribution in [-0.4, -0.2) is 32.4 Å². The van der Waals surface area contributed by atoms with Crippen LogP contribution in [0.3, 0.4) is 0 Å². The van der Waals surface area contributed by atoms with Crippen molar-refractivity contribution in [3.8, 4) is 0 Å². The molecule has 0 bridgehead atoms. The third-order valence-electron chi connectivity index (χ3n) is 3.86. The first kappa shape index (κ1) is 17.8. The van der Waals surface area contributed by atoms with E-state index < -0.39 is 10.0 Å². The minimum atomic E-state index is -3.21. The van der Waals surface area contributed by atoms with Crippen molar-refractivity contribution in [2.75, 3.05) is 27.7 Å². The summed E-state index contributed by atoms with van der Waals surface area (Å²) in [7, 11) is -3.21. The molecule has 0 aromatic heterocycles. The van der Waals surface area contributed by atoms with E-state index in [1.54, 1.807) is 36.0 Å². The Hall–Kier alpha value is -1.99. The Morgan fingerprint density at radius 2 is 1.92 bits per heavy atom. The number of benzene rings is 2. The van der Waals surface area contributed by atoms with E-state index in [1.165, 1.54) is 9.87 Å². The van der Waals surface area contributed by atoms with Crippen LogP contribution in [0.2, 0.25) is 0 Å². The standard InChI is InChI=1S/C18H20N2O3S2/c21-18(14-24-13-15-6-2-1-3-7-15)19-16-8-4-9-17(12-16)20-10-5-11-25(20,22)23/h1-4,6-9,12H,5,10-11,13-14H2,(H,19,21). The highest BCUT2D eigenvalue weighted by Gasteiger charge is 2.28. The summed E-state index contributed by atoms with van der Waals surface area (Å²) in [5.41, 5.74) is 2.40. The van der Waals surface area contributed by atoms with Gasteiger partial charge in [-0.25, -0.2) is 8.42 Å². The van der Waals surface area contributed by atoms with E-state index in [0.29, 0.717) is 30.1 Å². The molecule has 0 saturated carbocycles. The van der Waals surface area contributed by atoms with Crippen molar-refractivity contribution in [2.24, 2.45) is 0 Å². The SMILES string of the molecule is O=C(CSCc1ccccc1)Nc1cccc(N2CCCS2(=O)=O)c1. The number of carbonyl (C=O) groups excluding carboxylic acids is 1. The molecule has 2 aromatic rings. The third kappa shape index (κ3) is 4.76. The fourth-order valence-corrected chi connectivity index (χ4v) is 5.05. The molecule has 2 aromatic carbocycles. The van der Waals surface area contributed by atoms with Crippen molar-refractivity contribution in [3.63, 3.8) is 0 Å². The van der Waals surface area contributed by atoms with Gasteiger partial charge >= 0.3 is 0 Å². The van der Waals surface area contributed by atoms with Crippen molar-refractivity contribution in [3.05, 3.63) is 60.2 Å². The summed E-state index contributed by atoms with van der Waals surface area (Å²) < 4.78 is 25.4. The van der Waals surface area contributed by atoms with Gasteiger partial charge in [-0.2, -0.15) is 0 Å². The smallest absolute Gasteiger partial charge is 0.235 e. The molecule has 1 fully saturated rings. The van der Waals surface area contributed by atoms with Gasteiger partial charge in [0.1, 0.15) is 0 Å². The first-order valence-corrected chi connectivity index (χ1v) is 10.8. The number of nitrogens with zero attached hydrogens (tertiary/aromatic N) is 1. The van der Waals surface area contributed by atoms with E-state index in [1.807, 2.05) is 30.3 Å². The number of sulfonamides is 1. The Bertz CT molecular complexity index is 838. The van der Waals surface area contributed by atoms with E-state index >= 15 is 0 Å². The van der Waals surface area contributed by atoms with Crippen LogP contribution in [0.4, 0.5) is 11.4 Å². The maximum absolute atomic E-state index is 12.1. The molecule has 1 aliphatic heterocycles. The van der Waals surface area contributed by atoms with Crippen LogP contribution >= 0.6 is 11.8 Å². The van der Waals surface area contributed by atoms with Gasteiger partial charge in [0.05, 0.1) is 17.2 Å². The second-order valence-corrected chi connectivity index (χ2v) is 8.82. The molecule has 3 rings (SSSR count). The van der Waals surface area contributed by atoms with Crippen molar-refractivity contribution < 1.29 is 13.2 Å². The number of amides is 1. The molecule has 5 nitrogen and oxygen atoms in total. The van der Waals surface area contributed by atoms with Gasteiger partial charge in [-0.15, -0.1) is 11.8 Å². The molecule has 1 amide bonds. The van der Waals surface area contributed by atoms with Gasteiger partial charge in [0.2, 0.25) is 15.9 Å². The van der Waals surface area contributed by atoms with Gasteiger partial charge in [0, 0.05) is 18.0 Å². The Labute approximate surface area is 152 Å². The Kier molecular flexibility index (Phi) is 5.65. The van der Waals surface area contributed by atoms with Crippen LogP contribution in [0.25, 0.3) is 0 Å². The van der Waals surface area contributed by atoms with Gasteiger partial charge in [0.15, 0.2) is 0 Å². The predicted octanol–water partition coefficient (Wildman–Crippen LogP) is 3.10.